The van der Waals surface area contributed by atoms with E-state index in [4.69, 9.17) is 19.3 Å². The molecule has 0 aliphatic heterocycles. The van der Waals surface area contributed by atoms with Gasteiger partial charge in [0.2, 0.25) is 0 Å². The molecule has 3 rings (SSSR count). The van der Waals surface area contributed by atoms with Crippen LogP contribution in [-0.2, 0) is 6.42 Å². The molecular formula is C29H33NO6. The summed E-state index contributed by atoms with van der Waals surface area (Å²) in [6.45, 7) is 3.32. The van der Waals surface area contributed by atoms with Gasteiger partial charge in [0.05, 0.1) is 26.4 Å². The van der Waals surface area contributed by atoms with Crippen LogP contribution in [0.1, 0.15) is 44.7 Å². The van der Waals surface area contributed by atoms with Gasteiger partial charge in [-0.25, -0.2) is 4.79 Å². The standard InChI is InChI=1S/C29H33NO6/c1-21-26(34-2)19-24(20-27(21)35-3)28(31)30(15-8-12-22-10-5-4-6-11-22)16-9-17-36-25-14-7-13-23(18-25)29(32)33/h4-7,10-11,13-14,18-20H,8-9,12,15-17H2,1-3H3,(H,32,33). The van der Waals surface area contributed by atoms with E-state index in [-0.39, 0.29) is 11.5 Å². The minimum atomic E-state index is -1.00. The van der Waals surface area contributed by atoms with Gasteiger partial charge in [-0.15, -0.1) is 0 Å². The smallest absolute Gasteiger partial charge is 0.335 e. The van der Waals surface area contributed by atoms with Crippen LogP contribution in [0.4, 0.5) is 0 Å². The summed E-state index contributed by atoms with van der Waals surface area (Å²) in [5, 5.41) is 9.16. The number of nitrogens with zero attached hydrogens (tertiary/aromatic N) is 1. The summed E-state index contributed by atoms with van der Waals surface area (Å²) in [4.78, 5) is 26.5. The maximum atomic E-state index is 13.5. The van der Waals surface area contributed by atoms with Crippen LogP contribution in [0, 0.1) is 6.92 Å². The van der Waals surface area contributed by atoms with Crippen molar-refractivity contribution < 1.29 is 28.9 Å². The van der Waals surface area contributed by atoms with Crippen molar-refractivity contribution >= 4 is 11.9 Å². The van der Waals surface area contributed by atoms with Gasteiger partial charge >= 0.3 is 5.97 Å². The summed E-state index contributed by atoms with van der Waals surface area (Å²) in [6.07, 6.45) is 2.27. The Labute approximate surface area is 212 Å². The predicted molar refractivity (Wildman–Crippen MR) is 138 cm³/mol. The van der Waals surface area contributed by atoms with Gasteiger partial charge in [-0.3, -0.25) is 4.79 Å². The van der Waals surface area contributed by atoms with Crippen molar-refractivity contribution in [3.8, 4) is 17.2 Å². The normalized spacial score (nSPS) is 10.5. The van der Waals surface area contributed by atoms with E-state index in [0.29, 0.717) is 48.9 Å². The molecule has 0 spiro atoms. The quantitative estimate of drug-likeness (QED) is 0.329. The van der Waals surface area contributed by atoms with Crippen LogP contribution in [0.5, 0.6) is 17.2 Å². The molecule has 0 unspecified atom stereocenters. The first-order valence-electron chi connectivity index (χ1n) is 11.9. The molecule has 3 aromatic rings. The number of aryl methyl sites for hydroxylation is 1. The first-order chi connectivity index (χ1) is 17.4. The Kier molecular flexibility index (Phi) is 9.74. The number of carbonyl (C=O) groups is 2. The molecule has 1 N–H and O–H groups in total. The van der Waals surface area contributed by atoms with Gasteiger partial charge in [-0.2, -0.15) is 0 Å². The zero-order valence-electron chi connectivity index (χ0n) is 21.0. The van der Waals surface area contributed by atoms with Crippen molar-refractivity contribution in [1.29, 1.82) is 0 Å². The first-order valence-corrected chi connectivity index (χ1v) is 11.9. The summed E-state index contributed by atoms with van der Waals surface area (Å²) < 4.78 is 16.7. The molecule has 0 bridgehead atoms. The minimum Gasteiger partial charge on any atom is -0.496 e. The summed E-state index contributed by atoms with van der Waals surface area (Å²) in [7, 11) is 3.15. The topological polar surface area (TPSA) is 85.3 Å². The largest absolute Gasteiger partial charge is 0.496 e. The number of hydrogen-bond donors (Lipinski definition) is 1. The van der Waals surface area contributed by atoms with Gasteiger partial charge in [0.1, 0.15) is 17.2 Å². The number of rotatable bonds is 13. The SMILES string of the molecule is COc1cc(C(=O)N(CCCOc2cccc(C(=O)O)c2)CCCc2ccccc2)cc(OC)c1C. The number of methoxy groups -OCH3 is 2. The van der Waals surface area contributed by atoms with Gasteiger partial charge in [0.15, 0.2) is 0 Å². The molecule has 0 saturated heterocycles. The maximum Gasteiger partial charge on any atom is 0.335 e. The van der Waals surface area contributed by atoms with Crippen LogP contribution < -0.4 is 14.2 Å². The van der Waals surface area contributed by atoms with Crippen LogP contribution in [0.2, 0.25) is 0 Å². The molecular weight excluding hydrogens is 458 g/mol. The average Bonchev–Trinajstić information content (AvgIpc) is 2.90. The highest BCUT2D eigenvalue weighted by Crippen LogP contribution is 2.30. The number of carboxylic acids is 1. The molecule has 0 fully saturated rings. The van der Waals surface area contributed by atoms with Crippen molar-refractivity contribution in [3.05, 3.63) is 89.0 Å². The second-order valence-corrected chi connectivity index (χ2v) is 8.42. The fourth-order valence-corrected chi connectivity index (χ4v) is 3.99. The summed E-state index contributed by atoms with van der Waals surface area (Å²) in [5.41, 5.74) is 2.74. The third kappa shape index (κ3) is 7.25. The Morgan fingerprint density at radius 3 is 2.14 bits per heavy atom. The fourth-order valence-electron chi connectivity index (χ4n) is 3.99. The number of aromatic carboxylic acids is 1. The van der Waals surface area contributed by atoms with E-state index in [1.165, 1.54) is 17.7 Å². The predicted octanol–water partition coefficient (Wildman–Crippen LogP) is 5.25. The molecule has 0 aromatic heterocycles. The lowest BCUT2D eigenvalue weighted by atomic mass is 10.1. The molecule has 0 heterocycles. The van der Waals surface area contributed by atoms with E-state index >= 15 is 0 Å². The Morgan fingerprint density at radius 2 is 1.50 bits per heavy atom. The number of ether oxygens (including phenoxy) is 3. The van der Waals surface area contributed by atoms with Crippen LogP contribution in [0.25, 0.3) is 0 Å². The summed E-state index contributed by atoms with van der Waals surface area (Å²) in [5.74, 6) is 0.587. The average molecular weight is 492 g/mol. The van der Waals surface area contributed by atoms with Crippen LogP contribution >= 0.6 is 0 Å². The highest BCUT2D eigenvalue weighted by Gasteiger charge is 2.19. The van der Waals surface area contributed by atoms with Crippen LogP contribution in [0.15, 0.2) is 66.7 Å². The van der Waals surface area contributed by atoms with E-state index in [0.717, 1.165) is 18.4 Å². The van der Waals surface area contributed by atoms with Crippen LogP contribution in [0.3, 0.4) is 0 Å². The molecule has 0 saturated carbocycles. The van der Waals surface area contributed by atoms with Crippen molar-refractivity contribution in [2.24, 2.45) is 0 Å². The summed E-state index contributed by atoms with van der Waals surface area (Å²) in [6, 6.07) is 20.1. The van der Waals surface area contributed by atoms with Gasteiger partial charge in [0, 0.05) is 24.2 Å². The molecule has 0 atom stereocenters. The van der Waals surface area contributed by atoms with E-state index in [2.05, 4.69) is 12.1 Å². The van der Waals surface area contributed by atoms with Crippen molar-refractivity contribution in [1.82, 2.24) is 4.90 Å². The molecule has 7 heteroatoms. The number of amides is 1. The second kappa shape index (κ2) is 13.2. The van der Waals surface area contributed by atoms with Gasteiger partial charge in [-0.1, -0.05) is 36.4 Å². The minimum absolute atomic E-state index is 0.104. The maximum absolute atomic E-state index is 13.5. The number of hydrogen-bond acceptors (Lipinski definition) is 5. The zero-order chi connectivity index (χ0) is 25.9. The lowest BCUT2D eigenvalue weighted by Gasteiger charge is -2.24. The molecule has 0 aliphatic carbocycles. The van der Waals surface area contributed by atoms with Crippen LogP contribution in [-0.4, -0.2) is 55.8 Å². The van der Waals surface area contributed by atoms with E-state index in [1.54, 1.807) is 38.5 Å². The molecule has 36 heavy (non-hydrogen) atoms. The van der Waals surface area contributed by atoms with E-state index < -0.39 is 5.97 Å². The molecule has 190 valence electrons. The summed E-state index contributed by atoms with van der Waals surface area (Å²) >= 11 is 0. The fraction of sp³-hybridized carbons (Fsp3) is 0.310. The highest BCUT2D eigenvalue weighted by atomic mass is 16.5. The Balaban J connectivity index is 1.69. The first kappa shape index (κ1) is 26.6. The third-order valence-corrected chi connectivity index (χ3v) is 5.94. The van der Waals surface area contributed by atoms with E-state index in [9.17, 15) is 9.59 Å². The Hall–Kier alpha value is -4.00. The Morgan fingerprint density at radius 1 is 0.833 bits per heavy atom. The van der Waals surface area contributed by atoms with Gasteiger partial charge in [0.25, 0.3) is 5.91 Å². The molecule has 3 aromatic carbocycles. The monoisotopic (exact) mass is 491 g/mol. The lowest BCUT2D eigenvalue weighted by molar-refractivity contribution is 0.0693. The Bertz CT molecular complexity index is 1140. The lowest BCUT2D eigenvalue weighted by Crippen LogP contribution is -2.34. The number of carbonyl (C=O) groups excluding carboxylic acids is 1. The van der Waals surface area contributed by atoms with Gasteiger partial charge in [-0.05, 0) is 62.1 Å². The van der Waals surface area contributed by atoms with Gasteiger partial charge < -0.3 is 24.2 Å². The molecule has 0 aliphatic rings. The highest BCUT2D eigenvalue weighted by molar-refractivity contribution is 5.95. The van der Waals surface area contributed by atoms with Crippen molar-refractivity contribution in [2.75, 3.05) is 33.9 Å². The second-order valence-electron chi connectivity index (χ2n) is 8.42. The molecule has 7 nitrogen and oxygen atoms in total. The molecule has 1 amide bonds. The number of carboxylic acid groups (broad SMARTS) is 1. The van der Waals surface area contributed by atoms with Crippen molar-refractivity contribution in [2.45, 2.75) is 26.2 Å². The number of benzene rings is 3. The van der Waals surface area contributed by atoms with Crippen molar-refractivity contribution in [3.63, 3.8) is 0 Å². The zero-order valence-corrected chi connectivity index (χ0v) is 21.0. The molecule has 0 radical (unpaired) electrons. The van der Waals surface area contributed by atoms with E-state index in [1.807, 2.05) is 30.0 Å². The third-order valence-electron chi connectivity index (χ3n) is 5.94.